The topological polar surface area (TPSA) is 55.3 Å². The van der Waals surface area contributed by atoms with Gasteiger partial charge in [0.2, 0.25) is 0 Å². The number of phenolic OH excluding ortho intramolecular Hbond substituents is 1. The molecule has 0 bridgehead atoms. The molecule has 0 fully saturated rings. The number of methoxy groups -OCH3 is 1. The Kier molecular flexibility index (Phi) is 5.77. The van der Waals surface area contributed by atoms with Gasteiger partial charge in [-0.1, -0.05) is 12.1 Å². The van der Waals surface area contributed by atoms with E-state index in [1.54, 1.807) is 53.6 Å². The van der Waals surface area contributed by atoms with E-state index < -0.39 is 0 Å². The second-order valence-electron chi connectivity index (χ2n) is 4.84. The number of phenols is 1. The summed E-state index contributed by atoms with van der Waals surface area (Å²) in [5.41, 5.74) is 2.17. The summed E-state index contributed by atoms with van der Waals surface area (Å²) in [4.78, 5) is 12.0. The molecule has 118 valence electrons. The summed E-state index contributed by atoms with van der Waals surface area (Å²) in [6.45, 7) is 1.88. The SMILES string of the molecule is COc1cccc(/C=C/c2cc(C)n(C)c(=O)[n+]2C)c1O.[Cl-]. The molecule has 1 heterocycles. The van der Waals surface area contributed by atoms with Crippen LogP contribution in [-0.2, 0) is 14.1 Å². The van der Waals surface area contributed by atoms with Crippen LogP contribution in [0, 0.1) is 6.92 Å². The number of aromatic hydroxyl groups is 1. The molecule has 22 heavy (non-hydrogen) atoms. The molecule has 0 saturated heterocycles. The third kappa shape index (κ3) is 3.31. The number of aromatic nitrogens is 2. The van der Waals surface area contributed by atoms with E-state index in [0.29, 0.717) is 11.3 Å². The quantitative estimate of drug-likeness (QED) is 0.693. The molecular formula is C16H19ClN2O3. The molecule has 5 nitrogen and oxygen atoms in total. The Balaban J connectivity index is 0.00000242. The van der Waals surface area contributed by atoms with Gasteiger partial charge in [0.25, 0.3) is 0 Å². The fraction of sp³-hybridized carbons (Fsp3) is 0.250. The van der Waals surface area contributed by atoms with Gasteiger partial charge in [0.05, 0.1) is 21.2 Å². The number of benzene rings is 1. The van der Waals surface area contributed by atoms with Crippen molar-refractivity contribution in [2.75, 3.05) is 7.11 Å². The fourth-order valence-corrected chi connectivity index (χ4v) is 2.07. The molecule has 0 aliphatic carbocycles. The Morgan fingerprint density at radius 3 is 2.64 bits per heavy atom. The summed E-state index contributed by atoms with van der Waals surface area (Å²) in [6, 6.07) is 7.18. The van der Waals surface area contributed by atoms with E-state index >= 15 is 0 Å². The number of aryl methyl sites for hydroxylation is 1. The van der Waals surface area contributed by atoms with Gasteiger partial charge >= 0.3 is 5.69 Å². The lowest BCUT2D eigenvalue weighted by Gasteiger charge is -2.05. The second-order valence-corrected chi connectivity index (χ2v) is 4.84. The van der Waals surface area contributed by atoms with Gasteiger partial charge in [0.15, 0.2) is 11.5 Å². The summed E-state index contributed by atoms with van der Waals surface area (Å²) in [6.07, 6.45) is 3.55. The van der Waals surface area contributed by atoms with Gasteiger partial charge in [-0.3, -0.25) is 0 Å². The van der Waals surface area contributed by atoms with Crippen LogP contribution in [0.15, 0.2) is 29.1 Å². The molecular weight excluding hydrogens is 304 g/mol. The first-order valence-corrected chi connectivity index (χ1v) is 6.56. The first-order valence-electron chi connectivity index (χ1n) is 6.56. The van der Waals surface area contributed by atoms with Gasteiger partial charge in [-0.15, -0.1) is 0 Å². The highest BCUT2D eigenvalue weighted by Crippen LogP contribution is 2.30. The van der Waals surface area contributed by atoms with Gasteiger partial charge in [-0.25, -0.2) is 0 Å². The maximum Gasteiger partial charge on any atom is 0.498 e. The third-order valence-corrected chi connectivity index (χ3v) is 3.53. The number of hydrogen-bond donors (Lipinski definition) is 1. The van der Waals surface area contributed by atoms with Crippen molar-refractivity contribution in [2.45, 2.75) is 6.92 Å². The Morgan fingerprint density at radius 1 is 1.32 bits per heavy atom. The minimum absolute atomic E-state index is 0. The van der Waals surface area contributed by atoms with Crippen LogP contribution in [0.3, 0.4) is 0 Å². The number of rotatable bonds is 3. The van der Waals surface area contributed by atoms with E-state index in [2.05, 4.69) is 0 Å². The number of hydrogen-bond acceptors (Lipinski definition) is 3. The molecule has 0 atom stereocenters. The lowest BCUT2D eigenvalue weighted by molar-refractivity contribution is -0.692. The fourth-order valence-electron chi connectivity index (χ4n) is 2.07. The van der Waals surface area contributed by atoms with E-state index in [4.69, 9.17) is 4.74 Å². The molecule has 0 radical (unpaired) electrons. The molecule has 1 aromatic carbocycles. The van der Waals surface area contributed by atoms with Crippen molar-refractivity contribution in [1.29, 1.82) is 0 Å². The van der Waals surface area contributed by atoms with Crippen molar-refractivity contribution < 1.29 is 26.8 Å². The lowest BCUT2D eigenvalue weighted by Crippen LogP contribution is -3.00. The first-order chi connectivity index (χ1) is 9.95. The number of para-hydroxylation sites is 1. The molecule has 2 aromatic rings. The van der Waals surface area contributed by atoms with E-state index in [-0.39, 0.29) is 23.8 Å². The molecule has 1 aromatic heterocycles. The number of halogens is 1. The Bertz CT molecular complexity index is 767. The molecule has 0 amide bonds. The van der Waals surface area contributed by atoms with Gasteiger partial charge in [-0.2, -0.15) is 13.9 Å². The largest absolute Gasteiger partial charge is 1.00 e. The van der Waals surface area contributed by atoms with E-state index in [1.807, 2.05) is 13.0 Å². The maximum atomic E-state index is 12.0. The van der Waals surface area contributed by atoms with Crippen molar-refractivity contribution >= 4 is 12.2 Å². The summed E-state index contributed by atoms with van der Waals surface area (Å²) in [5.74, 6) is 0.501. The normalized spacial score (nSPS) is 10.5. The third-order valence-electron chi connectivity index (χ3n) is 3.53. The van der Waals surface area contributed by atoms with Crippen LogP contribution in [0.1, 0.15) is 17.0 Å². The van der Waals surface area contributed by atoms with Crippen molar-refractivity contribution in [2.24, 2.45) is 14.1 Å². The highest BCUT2D eigenvalue weighted by atomic mass is 35.5. The average Bonchev–Trinajstić information content (AvgIpc) is 2.48. The van der Waals surface area contributed by atoms with Crippen LogP contribution in [0.2, 0.25) is 0 Å². The number of nitrogens with zero attached hydrogens (tertiary/aromatic N) is 2. The highest BCUT2D eigenvalue weighted by Gasteiger charge is 2.12. The van der Waals surface area contributed by atoms with Crippen LogP contribution >= 0.6 is 0 Å². The zero-order chi connectivity index (χ0) is 15.6. The Hall–Kier alpha value is -2.27. The van der Waals surface area contributed by atoms with Crippen LogP contribution in [-0.4, -0.2) is 16.8 Å². The van der Waals surface area contributed by atoms with Crippen LogP contribution in [0.5, 0.6) is 11.5 Å². The number of ether oxygens (including phenoxy) is 1. The maximum absolute atomic E-state index is 12.0. The predicted octanol–water partition coefficient (Wildman–Crippen LogP) is -1.59. The molecule has 0 spiro atoms. The van der Waals surface area contributed by atoms with Crippen molar-refractivity contribution in [3.05, 3.63) is 51.7 Å². The zero-order valence-corrected chi connectivity index (χ0v) is 13.8. The molecule has 1 N–H and O–H groups in total. The van der Waals surface area contributed by atoms with Crippen molar-refractivity contribution in [3.63, 3.8) is 0 Å². The first kappa shape index (κ1) is 17.8. The Labute approximate surface area is 135 Å². The monoisotopic (exact) mass is 322 g/mol. The molecule has 6 heteroatoms. The molecule has 0 saturated carbocycles. The van der Waals surface area contributed by atoms with Gasteiger partial charge in [0.1, 0.15) is 11.4 Å². The van der Waals surface area contributed by atoms with Crippen molar-refractivity contribution in [1.82, 2.24) is 4.57 Å². The van der Waals surface area contributed by atoms with Gasteiger partial charge in [-0.05, 0) is 25.1 Å². The predicted molar refractivity (Wildman–Crippen MR) is 81.2 cm³/mol. The van der Waals surface area contributed by atoms with Crippen LogP contribution in [0.25, 0.3) is 12.2 Å². The van der Waals surface area contributed by atoms with Gasteiger partial charge in [0, 0.05) is 11.6 Å². The highest BCUT2D eigenvalue weighted by molar-refractivity contribution is 5.72. The molecule has 0 aliphatic rings. The summed E-state index contributed by atoms with van der Waals surface area (Å²) >= 11 is 0. The van der Waals surface area contributed by atoms with Crippen LogP contribution in [0.4, 0.5) is 0 Å². The second kappa shape index (κ2) is 7.13. The van der Waals surface area contributed by atoms with Gasteiger partial charge < -0.3 is 22.3 Å². The molecule has 0 aliphatic heterocycles. The smallest absolute Gasteiger partial charge is 0.498 e. The minimum atomic E-state index is -0.0930. The minimum Gasteiger partial charge on any atom is -1.00 e. The Morgan fingerprint density at radius 2 is 2.00 bits per heavy atom. The van der Waals surface area contributed by atoms with Crippen LogP contribution < -0.4 is 27.4 Å². The molecule has 2 rings (SSSR count). The van der Waals surface area contributed by atoms with E-state index in [1.165, 1.54) is 7.11 Å². The van der Waals surface area contributed by atoms with E-state index in [0.717, 1.165) is 11.4 Å². The van der Waals surface area contributed by atoms with Crippen molar-refractivity contribution in [3.8, 4) is 11.5 Å². The summed E-state index contributed by atoms with van der Waals surface area (Å²) in [7, 11) is 4.96. The molecule has 0 unspecified atom stereocenters. The summed E-state index contributed by atoms with van der Waals surface area (Å²) < 4.78 is 8.21. The summed E-state index contributed by atoms with van der Waals surface area (Å²) in [5, 5.41) is 10.0. The van der Waals surface area contributed by atoms with E-state index in [9.17, 15) is 9.90 Å². The zero-order valence-electron chi connectivity index (χ0n) is 13.0. The standard InChI is InChI=1S/C16H18N2O3.ClH/c1-11-10-13(18(3)16(20)17(11)2)9-8-12-6-5-7-14(21-4)15(12)19;/h5-10H,1-4H3;1H. The lowest BCUT2D eigenvalue weighted by atomic mass is 10.1. The average molecular weight is 323 g/mol.